The van der Waals surface area contributed by atoms with Gasteiger partial charge in [-0.15, -0.1) is 0 Å². The van der Waals surface area contributed by atoms with E-state index in [4.69, 9.17) is 5.73 Å². The van der Waals surface area contributed by atoms with Gasteiger partial charge in [-0.25, -0.2) is 10.4 Å². The third kappa shape index (κ3) is 1.19. The van der Waals surface area contributed by atoms with Gasteiger partial charge in [-0.1, -0.05) is 0 Å². The fraction of sp³-hybridized carbons (Fsp3) is 0.444. The third-order valence-corrected chi connectivity index (χ3v) is 2.97. The highest BCUT2D eigenvalue weighted by atomic mass is 16.1. The van der Waals surface area contributed by atoms with Crippen molar-refractivity contribution in [3.05, 3.63) is 23.5 Å². The number of hydrazine groups is 1. The third-order valence-electron chi connectivity index (χ3n) is 2.97. The summed E-state index contributed by atoms with van der Waals surface area (Å²) in [6.45, 7) is 1.67. The van der Waals surface area contributed by atoms with Crippen LogP contribution in [0, 0.1) is 0 Å². The van der Waals surface area contributed by atoms with Crippen LogP contribution in [0.2, 0.25) is 0 Å². The number of nitrogens with one attached hydrogen (secondary N) is 2. The summed E-state index contributed by atoms with van der Waals surface area (Å²) >= 11 is 0. The molecule has 0 aromatic carbocycles. The summed E-state index contributed by atoms with van der Waals surface area (Å²) in [5.41, 5.74) is 10.3. The second-order valence-corrected chi connectivity index (χ2v) is 3.80. The molecule has 0 radical (unpaired) electrons. The average molecular weight is 207 g/mol. The zero-order chi connectivity index (χ0) is 10.4. The molecule has 6 nitrogen and oxygen atoms in total. The first-order valence-electron chi connectivity index (χ1n) is 5.01. The fourth-order valence-electron chi connectivity index (χ4n) is 2.29. The first kappa shape index (κ1) is 8.90. The molecule has 4 N–H and O–H groups in total. The molecule has 1 aromatic rings. The second kappa shape index (κ2) is 3.06. The summed E-state index contributed by atoms with van der Waals surface area (Å²) in [7, 11) is 0. The van der Waals surface area contributed by atoms with Gasteiger partial charge in [0.15, 0.2) is 6.29 Å². The Hall–Kier alpha value is -1.37. The number of carbonyl (C=O) groups excluding carboxylic acids is 1. The zero-order valence-electron chi connectivity index (χ0n) is 8.23. The molecule has 3 heterocycles. The van der Waals surface area contributed by atoms with Crippen molar-refractivity contribution in [2.24, 2.45) is 5.73 Å². The van der Waals surface area contributed by atoms with Crippen molar-refractivity contribution in [3.63, 3.8) is 0 Å². The van der Waals surface area contributed by atoms with Gasteiger partial charge in [0.05, 0.1) is 6.67 Å². The van der Waals surface area contributed by atoms with Crippen LogP contribution in [0.15, 0.2) is 12.1 Å². The molecule has 2 aliphatic rings. The standard InChI is InChI=1S/C9H13N5O/c10-8(15)7-2-1-6-3-4-13-9(14(6)7)11-5-12-13/h1-2,9,11-12H,3-5H2,(H2,10,15). The molecule has 1 aromatic heterocycles. The van der Waals surface area contributed by atoms with Crippen LogP contribution in [0.4, 0.5) is 0 Å². The Kier molecular flexibility index (Phi) is 1.82. The first-order valence-corrected chi connectivity index (χ1v) is 5.01. The summed E-state index contributed by atoms with van der Waals surface area (Å²) in [6, 6.07) is 3.76. The summed E-state index contributed by atoms with van der Waals surface area (Å²) in [5.74, 6) is -0.378. The molecule has 3 rings (SSSR count). The lowest BCUT2D eigenvalue weighted by atomic mass is 10.2. The van der Waals surface area contributed by atoms with E-state index in [-0.39, 0.29) is 12.2 Å². The van der Waals surface area contributed by atoms with E-state index in [1.54, 1.807) is 6.07 Å². The van der Waals surface area contributed by atoms with Crippen LogP contribution in [0.3, 0.4) is 0 Å². The Bertz CT molecular complexity index is 413. The maximum Gasteiger partial charge on any atom is 0.265 e. The van der Waals surface area contributed by atoms with Crippen LogP contribution in [-0.2, 0) is 6.42 Å². The molecule has 1 atom stereocenters. The smallest absolute Gasteiger partial charge is 0.265 e. The number of rotatable bonds is 1. The molecule has 1 saturated heterocycles. The normalized spacial score (nSPS) is 24.9. The zero-order valence-corrected chi connectivity index (χ0v) is 8.23. The van der Waals surface area contributed by atoms with Gasteiger partial charge in [0.25, 0.3) is 5.91 Å². The van der Waals surface area contributed by atoms with E-state index in [1.807, 2.05) is 10.6 Å². The van der Waals surface area contributed by atoms with Crippen LogP contribution in [-0.4, -0.2) is 28.7 Å². The van der Waals surface area contributed by atoms with Crippen molar-refractivity contribution in [3.8, 4) is 0 Å². The highest BCUT2D eigenvalue weighted by molar-refractivity contribution is 5.91. The maximum atomic E-state index is 11.3. The number of primary amides is 1. The number of nitrogens with zero attached hydrogens (tertiary/aromatic N) is 2. The molecule has 0 spiro atoms. The maximum absolute atomic E-state index is 11.3. The average Bonchev–Trinajstić information content (AvgIpc) is 2.82. The molecule has 0 saturated carbocycles. The Morgan fingerprint density at radius 2 is 2.40 bits per heavy atom. The van der Waals surface area contributed by atoms with Crippen molar-refractivity contribution < 1.29 is 4.79 Å². The van der Waals surface area contributed by atoms with Crippen LogP contribution in [0.25, 0.3) is 0 Å². The Labute approximate surface area is 87.0 Å². The molecular formula is C9H13N5O. The highest BCUT2D eigenvalue weighted by Gasteiger charge is 2.32. The summed E-state index contributed by atoms with van der Waals surface area (Å²) in [4.78, 5) is 11.3. The SMILES string of the molecule is NC(=O)c1ccc2n1C1NCNN1CC2. The van der Waals surface area contributed by atoms with Crippen LogP contribution in [0.1, 0.15) is 22.5 Å². The summed E-state index contributed by atoms with van der Waals surface area (Å²) in [6.07, 6.45) is 0.949. The molecule has 2 aliphatic heterocycles. The number of carbonyl (C=O) groups is 1. The Morgan fingerprint density at radius 1 is 1.53 bits per heavy atom. The van der Waals surface area contributed by atoms with E-state index in [0.29, 0.717) is 5.69 Å². The minimum atomic E-state index is -0.378. The fourth-order valence-corrected chi connectivity index (χ4v) is 2.29. The van der Waals surface area contributed by atoms with Gasteiger partial charge in [0, 0.05) is 18.7 Å². The van der Waals surface area contributed by atoms with Gasteiger partial charge in [-0.2, -0.15) is 0 Å². The van der Waals surface area contributed by atoms with Gasteiger partial charge >= 0.3 is 0 Å². The van der Waals surface area contributed by atoms with Gasteiger partial charge in [-0.3, -0.25) is 10.1 Å². The van der Waals surface area contributed by atoms with Crippen LogP contribution < -0.4 is 16.5 Å². The molecule has 6 heteroatoms. The molecule has 0 aliphatic carbocycles. The molecule has 80 valence electrons. The van der Waals surface area contributed by atoms with Crippen molar-refractivity contribution in [2.45, 2.75) is 12.7 Å². The number of hydrogen-bond donors (Lipinski definition) is 3. The first-order chi connectivity index (χ1) is 7.27. The van der Waals surface area contributed by atoms with Gasteiger partial charge in [0.2, 0.25) is 0 Å². The lowest BCUT2D eigenvalue weighted by molar-refractivity contribution is 0.0902. The lowest BCUT2D eigenvalue weighted by Gasteiger charge is -2.31. The number of aromatic nitrogens is 1. The largest absolute Gasteiger partial charge is 0.364 e. The lowest BCUT2D eigenvalue weighted by Crippen LogP contribution is -2.44. The van der Waals surface area contributed by atoms with Crippen molar-refractivity contribution in [1.29, 1.82) is 0 Å². The Balaban J connectivity index is 2.09. The quantitative estimate of drug-likeness (QED) is 0.550. The number of nitrogens with two attached hydrogens (primary N) is 1. The van der Waals surface area contributed by atoms with Crippen molar-refractivity contribution in [2.75, 3.05) is 13.2 Å². The number of amides is 1. The Morgan fingerprint density at radius 3 is 3.20 bits per heavy atom. The summed E-state index contributed by atoms with van der Waals surface area (Å²) in [5, 5.41) is 5.35. The van der Waals surface area contributed by atoms with Crippen LogP contribution in [0.5, 0.6) is 0 Å². The molecule has 1 unspecified atom stereocenters. The topological polar surface area (TPSA) is 75.3 Å². The van der Waals surface area contributed by atoms with E-state index in [2.05, 4.69) is 15.8 Å². The highest BCUT2D eigenvalue weighted by Crippen LogP contribution is 2.24. The van der Waals surface area contributed by atoms with E-state index >= 15 is 0 Å². The van der Waals surface area contributed by atoms with E-state index in [0.717, 1.165) is 25.3 Å². The predicted octanol–water partition coefficient (Wildman–Crippen LogP) is -1.03. The predicted molar refractivity (Wildman–Crippen MR) is 53.5 cm³/mol. The minimum absolute atomic E-state index is 0.0197. The second-order valence-electron chi connectivity index (χ2n) is 3.80. The van der Waals surface area contributed by atoms with E-state index < -0.39 is 0 Å². The number of fused-ring (bicyclic) bond motifs is 3. The van der Waals surface area contributed by atoms with Crippen LogP contribution >= 0.6 is 0 Å². The molecule has 15 heavy (non-hydrogen) atoms. The van der Waals surface area contributed by atoms with Gasteiger partial charge in [0.1, 0.15) is 5.69 Å². The monoisotopic (exact) mass is 207 g/mol. The van der Waals surface area contributed by atoms with E-state index in [9.17, 15) is 4.79 Å². The summed E-state index contributed by atoms with van der Waals surface area (Å²) < 4.78 is 1.96. The molecule has 1 fully saturated rings. The minimum Gasteiger partial charge on any atom is -0.364 e. The number of hydrogen-bond acceptors (Lipinski definition) is 4. The van der Waals surface area contributed by atoms with E-state index in [1.165, 1.54) is 0 Å². The molecule has 1 amide bonds. The van der Waals surface area contributed by atoms with Crippen molar-refractivity contribution in [1.82, 2.24) is 20.3 Å². The van der Waals surface area contributed by atoms with Gasteiger partial charge < -0.3 is 10.3 Å². The van der Waals surface area contributed by atoms with Gasteiger partial charge in [-0.05, 0) is 12.1 Å². The van der Waals surface area contributed by atoms with Crippen molar-refractivity contribution >= 4 is 5.91 Å². The molecule has 0 bridgehead atoms. The molecular weight excluding hydrogens is 194 g/mol.